The van der Waals surface area contributed by atoms with E-state index < -0.39 is 6.61 Å². The molecule has 1 unspecified atom stereocenters. The van der Waals surface area contributed by atoms with Crippen molar-refractivity contribution in [1.29, 1.82) is 0 Å². The molecule has 8 nitrogen and oxygen atoms in total. The minimum absolute atomic E-state index is 0.0243. The molecule has 1 amide bonds. The Hall–Kier alpha value is -2.95. The Bertz CT molecular complexity index is 1190. The highest BCUT2D eigenvalue weighted by atomic mass is 35.5. The number of morpholine rings is 1. The van der Waals surface area contributed by atoms with Crippen LogP contribution in [0.5, 0.6) is 0 Å². The molecule has 174 valence electrons. The van der Waals surface area contributed by atoms with Crippen molar-refractivity contribution >= 4 is 34.2 Å². The van der Waals surface area contributed by atoms with E-state index in [1.165, 1.54) is 6.08 Å². The van der Waals surface area contributed by atoms with Crippen LogP contribution in [-0.2, 0) is 27.4 Å². The lowest BCUT2D eigenvalue weighted by Gasteiger charge is -2.38. The average Bonchev–Trinajstić information content (AvgIpc) is 3.29. The zero-order valence-corrected chi connectivity index (χ0v) is 18.2. The maximum Gasteiger partial charge on any atom is 0.388 e. The van der Waals surface area contributed by atoms with Crippen LogP contribution in [0.25, 0.3) is 10.9 Å². The van der Waals surface area contributed by atoms with Crippen LogP contribution in [0.3, 0.4) is 0 Å². The molecule has 11 heteroatoms. The number of benzene rings is 1. The van der Waals surface area contributed by atoms with Gasteiger partial charge in [-0.05, 0) is 29.3 Å². The van der Waals surface area contributed by atoms with E-state index in [4.69, 9.17) is 26.8 Å². The van der Waals surface area contributed by atoms with E-state index in [9.17, 15) is 13.6 Å². The lowest BCUT2D eigenvalue weighted by molar-refractivity contribution is -0.101. The second-order valence-corrected chi connectivity index (χ2v) is 8.30. The minimum atomic E-state index is -2.92. The number of allylic oxidation sites excluding steroid dienone is 2. The van der Waals surface area contributed by atoms with Crippen LogP contribution in [-0.4, -0.2) is 54.7 Å². The van der Waals surface area contributed by atoms with Crippen molar-refractivity contribution in [1.82, 2.24) is 15.2 Å². The van der Waals surface area contributed by atoms with Crippen molar-refractivity contribution in [3.05, 3.63) is 57.5 Å². The molecule has 0 radical (unpaired) electrons. The Morgan fingerprint density at radius 2 is 2.09 bits per heavy atom. The third-order valence-corrected chi connectivity index (χ3v) is 6.31. The number of rotatable bonds is 4. The molecule has 33 heavy (non-hydrogen) atoms. The number of nitrogens with one attached hydrogen (secondary N) is 1. The van der Waals surface area contributed by atoms with Gasteiger partial charge in [-0.3, -0.25) is 4.79 Å². The lowest BCUT2D eigenvalue weighted by Crippen LogP contribution is -2.51. The number of pyridine rings is 1. The summed E-state index contributed by atoms with van der Waals surface area (Å²) in [7, 11) is 0. The van der Waals surface area contributed by atoms with Crippen LogP contribution in [0.2, 0.25) is 5.02 Å². The van der Waals surface area contributed by atoms with E-state index in [-0.39, 0.29) is 36.0 Å². The predicted octanol–water partition coefficient (Wildman–Crippen LogP) is 2.95. The molecular weight excluding hydrogens is 458 g/mol. The van der Waals surface area contributed by atoms with Crippen molar-refractivity contribution in [3.8, 4) is 0 Å². The quantitative estimate of drug-likeness (QED) is 0.697. The molecule has 4 heterocycles. The van der Waals surface area contributed by atoms with Crippen LogP contribution < -0.4 is 11.1 Å². The second-order valence-electron chi connectivity index (χ2n) is 7.89. The number of halogens is 3. The van der Waals surface area contributed by atoms with Crippen molar-refractivity contribution in [2.45, 2.75) is 25.9 Å². The van der Waals surface area contributed by atoms with Gasteiger partial charge in [0.15, 0.2) is 5.88 Å². The van der Waals surface area contributed by atoms with Crippen molar-refractivity contribution in [2.75, 3.05) is 32.0 Å². The summed E-state index contributed by atoms with van der Waals surface area (Å²) < 4.78 is 40.4. The van der Waals surface area contributed by atoms with Gasteiger partial charge in [-0.15, -0.1) is 0 Å². The molecule has 3 aliphatic rings. The van der Waals surface area contributed by atoms with E-state index in [0.717, 1.165) is 22.1 Å². The summed E-state index contributed by atoms with van der Waals surface area (Å²) in [6.07, 6.45) is 3.09. The molecule has 1 saturated heterocycles. The average molecular weight is 479 g/mol. The summed E-state index contributed by atoms with van der Waals surface area (Å²) in [4.78, 5) is 19.7. The molecule has 0 spiro atoms. The Balaban J connectivity index is 1.48. The first kappa shape index (κ1) is 21.9. The SMILES string of the molecule is Nc1nc2cc(Cl)c(C(=O)N3CCOCC3C3=CC=C(OC(F)F)NC3)cc2c2c1COC2. The third kappa shape index (κ3) is 4.09. The largest absolute Gasteiger partial charge is 0.419 e. The first-order valence-corrected chi connectivity index (χ1v) is 10.8. The number of ether oxygens (including phenoxy) is 3. The summed E-state index contributed by atoms with van der Waals surface area (Å²) >= 11 is 6.51. The van der Waals surface area contributed by atoms with Gasteiger partial charge in [-0.1, -0.05) is 17.7 Å². The molecule has 5 rings (SSSR count). The fourth-order valence-electron chi connectivity index (χ4n) is 4.36. The van der Waals surface area contributed by atoms with Crippen LogP contribution in [0.15, 0.2) is 35.7 Å². The minimum Gasteiger partial charge on any atom is -0.419 e. The number of nitrogens with two attached hydrogens (primary N) is 1. The van der Waals surface area contributed by atoms with Gasteiger partial charge in [0.2, 0.25) is 0 Å². The van der Waals surface area contributed by atoms with Crippen LogP contribution in [0, 0.1) is 0 Å². The maximum absolute atomic E-state index is 13.6. The highest BCUT2D eigenvalue weighted by molar-refractivity contribution is 6.34. The number of carbonyl (C=O) groups is 1. The maximum atomic E-state index is 13.6. The number of hydrogen-bond acceptors (Lipinski definition) is 7. The molecule has 0 saturated carbocycles. The zero-order chi connectivity index (χ0) is 23.1. The highest BCUT2D eigenvalue weighted by Crippen LogP contribution is 2.34. The van der Waals surface area contributed by atoms with Crippen molar-refractivity contribution in [2.24, 2.45) is 0 Å². The van der Waals surface area contributed by atoms with Gasteiger partial charge < -0.3 is 30.2 Å². The molecule has 1 aromatic carbocycles. The molecular formula is C22H21ClF2N4O4. The number of anilines is 1. The molecule has 2 aromatic rings. The molecule has 0 bridgehead atoms. The number of nitrogen functional groups attached to an aromatic ring is 1. The van der Waals surface area contributed by atoms with Gasteiger partial charge in [0.05, 0.1) is 48.6 Å². The van der Waals surface area contributed by atoms with Gasteiger partial charge in [0.25, 0.3) is 5.91 Å². The number of alkyl halides is 2. The molecule has 1 atom stereocenters. The number of hydrogen-bond donors (Lipinski definition) is 2. The van der Waals surface area contributed by atoms with Gasteiger partial charge in [-0.2, -0.15) is 8.78 Å². The van der Waals surface area contributed by atoms with Crippen LogP contribution in [0.4, 0.5) is 14.6 Å². The third-order valence-electron chi connectivity index (χ3n) is 6.00. The summed E-state index contributed by atoms with van der Waals surface area (Å²) in [5.41, 5.74) is 9.56. The summed E-state index contributed by atoms with van der Waals surface area (Å²) in [6, 6.07) is 3.01. The van der Waals surface area contributed by atoms with Crippen molar-refractivity contribution < 1.29 is 27.8 Å². The van der Waals surface area contributed by atoms with E-state index in [1.54, 1.807) is 23.1 Å². The Labute approximate surface area is 192 Å². The van der Waals surface area contributed by atoms with Gasteiger partial charge >= 0.3 is 6.61 Å². The molecule has 3 aliphatic heterocycles. The number of carbonyl (C=O) groups excluding carboxylic acids is 1. The monoisotopic (exact) mass is 478 g/mol. The standard InChI is InChI=1S/C22H21ClF2N4O4/c23-16-6-17-12(14-8-32-9-15(14)20(26)28-17)5-13(16)21(30)29-3-4-31-10-18(29)11-1-2-19(27-7-11)33-22(24)25/h1-2,5-6,18,22,27H,3-4,7-10H2,(H2,26,28). The van der Waals surface area contributed by atoms with E-state index >= 15 is 0 Å². The Kier molecular flexibility index (Phi) is 5.81. The van der Waals surface area contributed by atoms with Crippen LogP contribution in [0.1, 0.15) is 21.5 Å². The van der Waals surface area contributed by atoms with Crippen LogP contribution >= 0.6 is 11.6 Å². The van der Waals surface area contributed by atoms with Gasteiger partial charge in [-0.25, -0.2) is 4.98 Å². The van der Waals surface area contributed by atoms with Gasteiger partial charge in [0, 0.05) is 24.0 Å². The molecule has 1 aromatic heterocycles. The number of amides is 1. The van der Waals surface area contributed by atoms with E-state index in [1.807, 2.05) is 0 Å². The van der Waals surface area contributed by atoms with E-state index in [0.29, 0.717) is 43.3 Å². The number of nitrogens with zero attached hydrogens (tertiary/aromatic N) is 2. The number of dihydropyridines is 1. The first-order valence-electron chi connectivity index (χ1n) is 10.4. The first-order chi connectivity index (χ1) is 15.9. The molecule has 0 aliphatic carbocycles. The van der Waals surface area contributed by atoms with Crippen molar-refractivity contribution in [3.63, 3.8) is 0 Å². The summed E-state index contributed by atoms with van der Waals surface area (Å²) in [5.74, 6) is 0.126. The Morgan fingerprint density at radius 1 is 1.27 bits per heavy atom. The summed E-state index contributed by atoms with van der Waals surface area (Å²) in [5, 5.41) is 3.86. The fraction of sp³-hybridized carbons (Fsp3) is 0.364. The molecule has 1 fully saturated rings. The smallest absolute Gasteiger partial charge is 0.388 e. The fourth-order valence-corrected chi connectivity index (χ4v) is 4.60. The number of fused-ring (bicyclic) bond motifs is 3. The lowest BCUT2D eigenvalue weighted by atomic mass is 9.99. The van der Waals surface area contributed by atoms with Gasteiger partial charge in [0.1, 0.15) is 5.82 Å². The Morgan fingerprint density at radius 3 is 2.85 bits per heavy atom. The highest BCUT2D eigenvalue weighted by Gasteiger charge is 2.33. The summed E-state index contributed by atoms with van der Waals surface area (Å²) in [6.45, 7) is -0.872. The second kappa shape index (κ2) is 8.77. The van der Waals surface area contributed by atoms with E-state index in [2.05, 4.69) is 15.0 Å². The molecule has 3 N–H and O–H groups in total. The zero-order valence-electron chi connectivity index (χ0n) is 17.4. The predicted molar refractivity (Wildman–Crippen MR) is 117 cm³/mol. The number of aromatic nitrogens is 1. The topological polar surface area (TPSA) is 98.9 Å². The normalized spacial score (nSPS) is 20.4.